The minimum Gasteiger partial charge on any atom is -0.382 e. The van der Waals surface area contributed by atoms with Crippen molar-refractivity contribution in [3.05, 3.63) is 54.4 Å². The van der Waals surface area contributed by atoms with E-state index in [-0.39, 0.29) is 0 Å². The highest BCUT2D eigenvalue weighted by atomic mass is 15.5. The summed E-state index contributed by atoms with van der Waals surface area (Å²) in [7, 11) is 0. The molecular weight excluding hydrogens is 252 g/mol. The first-order valence-corrected chi connectivity index (χ1v) is 5.92. The van der Waals surface area contributed by atoms with Gasteiger partial charge < -0.3 is 5.73 Å². The summed E-state index contributed by atoms with van der Waals surface area (Å²) in [5, 5.41) is 17.3. The standard InChI is InChI=1S/C14H10N6/c15-9-11-3-1-2-4-12(11)20-14(16)13(18-19-20)10-5-7-17-8-6-10/h1-8H,16H2. The van der Waals surface area contributed by atoms with Crippen LogP contribution in [0.1, 0.15) is 5.56 Å². The second kappa shape index (κ2) is 4.82. The van der Waals surface area contributed by atoms with Crippen LogP contribution in [0.15, 0.2) is 48.8 Å². The molecule has 0 atom stereocenters. The first-order chi connectivity index (χ1) is 9.81. The third kappa shape index (κ3) is 1.87. The van der Waals surface area contributed by atoms with E-state index in [1.165, 1.54) is 4.68 Å². The van der Waals surface area contributed by atoms with Crippen molar-refractivity contribution in [2.24, 2.45) is 0 Å². The quantitative estimate of drug-likeness (QED) is 0.759. The molecule has 20 heavy (non-hydrogen) atoms. The zero-order chi connectivity index (χ0) is 13.9. The summed E-state index contributed by atoms with van der Waals surface area (Å²) < 4.78 is 1.47. The third-order valence-corrected chi connectivity index (χ3v) is 2.91. The Morgan fingerprint density at radius 2 is 1.85 bits per heavy atom. The van der Waals surface area contributed by atoms with E-state index in [2.05, 4.69) is 21.4 Å². The molecule has 6 nitrogen and oxygen atoms in total. The van der Waals surface area contributed by atoms with Gasteiger partial charge >= 0.3 is 0 Å². The van der Waals surface area contributed by atoms with Crippen LogP contribution in [0.4, 0.5) is 5.82 Å². The molecule has 3 rings (SSSR count). The minimum absolute atomic E-state index is 0.388. The largest absolute Gasteiger partial charge is 0.382 e. The zero-order valence-corrected chi connectivity index (χ0v) is 10.4. The van der Waals surface area contributed by atoms with E-state index in [9.17, 15) is 0 Å². The number of nitrogens with two attached hydrogens (primary N) is 1. The molecule has 0 aliphatic heterocycles. The van der Waals surface area contributed by atoms with Crippen LogP contribution in [0, 0.1) is 11.3 Å². The van der Waals surface area contributed by atoms with Gasteiger partial charge in [0.1, 0.15) is 11.8 Å². The van der Waals surface area contributed by atoms with Gasteiger partial charge in [-0.2, -0.15) is 9.94 Å². The lowest BCUT2D eigenvalue weighted by atomic mass is 10.2. The van der Waals surface area contributed by atoms with Crippen molar-refractivity contribution < 1.29 is 0 Å². The van der Waals surface area contributed by atoms with Gasteiger partial charge in [0.15, 0.2) is 5.82 Å². The van der Waals surface area contributed by atoms with Gasteiger partial charge in [-0.3, -0.25) is 4.98 Å². The maximum atomic E-state index is 9.13. The van der Waals surface area contributed by atoms with Crippen LogP contribution in [0.3, 0.4) is 0 Å². The number of nitriles is 1. The number of para-hydroxylation sites is 1. The molecule has 2 heterocycles. The van der Waals surface area contributed by atoms with Crippen LogP contribution >= 0.6 is 0 Å². The first kappa shape index (κ1) is 11.9. The molecule has 6 heteroatoms. The van der Waals surface area contributed by atoms with Gasteiger partial charge in [-0.1, -0.05) is 17.3 Å². The topological polar surface area (TPSA) is 93.4 Å². The second-order valence-electron chi connectivity index (χ2n) is 4.10. The van der Waals surface area contributed by atoms with E-state index in [4.69, 9.17) is 11.0 Å². The molecule has 0 unspecified atom stereocenters. The molecule has 0 saturated carbocycles. The number of anilines is 1. The molecule has 0 bridgehead atoms. The van der Waals surface area contributed by atoms with Crippen molar-refractivity contribution >= 4 is 5.82 Å². The number of nitrogen functional groups attached to an aromatic ring is 1. The summed E-state index contributed by atoms with van der Waals surface area (Å²) in [5.74, 6) is 0.388. The number of pyridine rings is 1. The van der Waals surface area contributed by atoms with Crippen LogP contribution in [-0.2, 0) is 0 Å². The third-order valence-electron chi connectivity index (χ3n) is 2.91. The summed E-state index contributed by atoms with van der Waals surface area (Å²) >= 11 is 0. The van der Waals surface area contributed by atoms with Crippen LogP contribution in [0.5, 0.6) is 0 Å². The lowest BCUT2D eigenvalue weighted by Gasteiger charge is -2.05. The highest BCUT2D eigenvalue weighted by Crippen LogP contribution is 2.25. The van der Waals surface area contributed by atoms with E-state index in [1.807, 2.05) is 6.07 Å². The van der Waals surface area contributed by atoms with Gasteiger partial charge in [-0.15, -0.1) is 5.10 Å². The van der Waals surface area contributed by atoms with E-state index in [0.717, 1.165) is 5.56 Å². The molecule has 0 radical (unpaired) electrons. The summed E-state index contributed by atoms with van der Waals surface area (Å²) in [6, 6.07) is 12.8. The smallest absolute Gasteiger partial charge is 0.155 e. The summed E-state index contributed by atoms with van der Waals surface area (Å²) in [6.45, 7) is 0. The van der Waals surface area contributed by atoms with Crippen molar-refractivity contribution in [3.8, 4) is 23.0 Å². The van der Waals surface area contributed by atoms with Gasteiger partial charge in [-0.05, 0) is 24.3 Å². The fraction of sp³-hybridized carbons (Fsp3) is 0. The van der Waals surface area contributed by atoms with E-state index < -0.39 is 0 Å². The normalized spacial score (nSPS) is 10.2. The predicted molar refractivity (Wildman–Crippen MR) is 73.7 cm³/mol. The fourth-order valence-corrected chi connectivity index (χ4v) is 1.94. The molecule has 0 spiro atoms. The molecule has 3 aromatic rings. The van der Waals surface area contributed by atoms with Gasteiger partial charge in [0, 0.05) is 18.0 Å². The zero-order valence-electron chi connectivity index (χ0n) is 10.4. The monoisotopic (exact) mass is 262 g/mol. The van der Waals surface area contributed by atoms with Crippen molar-refractivity contribution in [1.29, 1.82) is 5.26 Å². The van der Waals surface area contributed by atoms with Crippen molar-refractivity contribution in [2.75, 3.05) is 5.73 Å². The Balaban J connectivity index is 2.15. The molecule has 0 fully saturated rings. The van der Waals surface area contributed by atoms with Gasteiger partial charge in [0.2, 0.25) is 0 Å². The molecule has 1 aromatic carbocycles. The highest BCUT2D eigenvalue weighted by molar-refractivity contribution is 5.71. The van der Waals surface area contributed by atoms with Crippen molar-refractivity contribution in [3.63, 3.8) is 0 Å². The average molecular weight is 262 g/mol. The van der Waals surface area contributed by atoms with Crippen molar-refractivity contribution in [1.82, 2.24) is 20.0 Å². The summed E-state index contributed by atoms with van der Waals surface area (Å²) in [4.78, 5) is 3.95. The number of hydrogen-bond acceptors (Lipinski definition) is 5. The molecule has 96 valence electrons. The van der Waals surface area contributed by atoms with Crippen molar-refractivity contribution in [2.45, 2.75) is 0 Å². The Labute approximate surface area is 115 Å². The number of nitrogens with zero attached hydrogens (tertiary/aromatic N) is 5. The fourth-order valence-electron chi connectivity index (χ4n) is 1.94. The van der Waals surface area contributed by atoms with Crippen LogP contribution in [0.2, 0.25) is 0 Å². The van der Waals surface area contributed by atoms with Crippen LogP contribution < -0.4 is 5.73 Å². The summed E-state index contributed by atoms with van der Waals surface area (Å²) in [6.07, 6.45) is 3.33. The number of hydrogen-bond donors (Lipinski definition) is 1. The Bertz CT molecular complexity index is 785. The Kier molecular flexibility index (Phi) is 2.86. The Morgan fingerprint density at radius 3 is 2.60 bits per heavy atom. The average Bonchev–Trinajstić information content (AvgIpc) is 2.89. The van der Waals surface area contributed by atoms with E-state index >= 15 is 0 Å². The van der Waals surface area contributed by atoms with Crippen LogP contribution in [0.25, 0.3) is 16.9 Å². The number of rotatable bonds is 2. The van der Waals surface area contributed by atoms with Gasteiger partial charge in [-0.25, -0.2) is 0 Å². The molecule has 0 saturated heterocycles. The Morgan fingerprint density at radius 1 is 1.10 bits per heavy atom. The molecule has 2 N–H and O–H groups in total. The van der Waals surface area contributed by atoms with Crippen LogP contribution in [-0.4, -0.2) is 20.0 Å². The maximum absolute atomic E-state index is 9.13. The molecule has 0 amide bonds. The number of benzene rings is 1. The molecule has 0 aliphatic carbocycles. The first-order valence-electron chi connectivity index (χ1n) is 5.92. The van der Waals surface area contributed by atoms with Gasteiger partial charge in [0.05, 0.1) is 11.3 Å². The number of aromatic nitrogens is 4. The lowest BCUT2D eigenvalue weighted by Crippen LogP contribution is -2.04. The maximum Gasteiger partial charge on any atom is 0.155 e. The lowest BCUT2D eigenvalue weighted by molar-refractivity contribution is 0.808. The second-order valence-corrected chi connectivity index (χ2v) is 4.10. The Hall–Kier alpha value is -3.20. The predicted octanol–water partition coefficient (Wildman–Crippen LogP) is 1.78. The summed E-state index contributed by atoms with van der Waals surface area (Å²) in [5.41, 5.74) is 8.60. The highest BCUT2D eigenvalue weighted by Gasteiger charge is 2.14. The van der Waals surface area contributed by atoms with Gasteiger partial charge in [0.25, 0.3) is 0 Å². The van der Waals surface area contributed by atoms with E-state index in [0.29, 0.717) is 22.8 Å². The molecule has 2 aromatic heterocycles. The molecular formula is C14H10N6. The van der Waals surface area contributed by atoms with E-state index in [1.54, 1.807) is 42.7 Å². The SMILES string of the molecule is N#Cc1ccccc1-n1nnc(-c2ccncc2)c1N. The minimum atomic E-state index is 0.388. The molecule has 0 aliphatic rings.